The van der Waals surface area contributed by atoms with E-state index >= 15 is 0 Å². The van der Waals surface area contributed by atoms with Gasteiger partial charge in [-0.2, -0.15) is 0 Å². The zero-order valence-electron chi connectivity index (χ0n) is 16.6. The van der Waals surface area contributed by atoms with Crippen molar-refractivity contribution < 1.29 is 83.8 Å². The molecule has 0 saturated heterocycles. The molecule has 1 N–H and O–H groups in total. The number of rotatable bonds is 9. The van der Waals surface area contributed by atoms with Crippen LogP contribution in [0.25, 0.3) is 0 Å². The molecule has 0 radical (unpaired) electrons. The van der Waals surface area contributed by atoms with Crippen molar-refractivity contribution in [1.29, 1.82) is 0 Å². The average molecular weight is 451 g/mol. The Kier molecular flexibility index (Phi) is 14.8. The van der Waals surface area contributed by atoms with Crippen molar-refractivity contribution in [3.05, 3.63) is 71.8 Å². The van der Waals surface area contributed by atoms with E-state index in [-0.39, 0.29) is 84.7 Å². The molecule has 2 atom stereocenters. The van der Waals surface area contributed by atoms with Gasteiger partial charge in [0.1, 0.15) is 6.08 Å². The molecule has 0 aliphatic rings. The van der Waals surface area contributed by atoms with Crippen molar-refractivity contribution in [2.45, 2.75) is 25.2 Å². The minimum absolute atomic E-state index is 0. The molecule has 2 aromatic rings. The Hall–Kier alpha value is -0.0800. The Morgan fingerprint density at radius 1 is 1.03 bits per heavy atom. The number of hydrogen-bond acceptors (Lipinski definition) is 7. The Balaban J connectivity index is 0.00000392. The molecule has 0 spiro atoms. The van der Waals surface area contributed by atoms with Crippen LogP contribution in [0.1, 0.15) is 17.5 Å². The second-order valence-corrected chi connectivity index (χ2v) is 10.4. The number of aliphatic carboxylic acids is 1. The molecule has 0 amide bonds. The van der Waals surface area contributed by atoms with Crippen LogP contribution in [-0.2, 0) is 34.8 Å². The molecule has 0 aromatic heterocycles. The second kappa shape index (κ2) is 14.8. The summed E-state index contributed by atoms with van der Waals surface area (Å²) < 4.78 is 5.14. The van der Waals surface area contributed by atoms with Gasteiger partial charge in [0.15, 0.2) is 5.78 Å². The number of carboxylic acid groups (broad SMARTS) is 1. The summed E-state index contributed by atoms with van der Waals surface area (Å²) in [6.45, 7) is -3.18. The molecule has 0 bridgehead atoms. The van der Waals surface area contributed by atoms with E-state index in [0.29, 0.717) is 0 Å². The number of aliphatic imine (C=N–C) groups is 1. The summed E-state index contributed by atoms with van der Waals surface area (Å²) in [5.41, 5.74) is 1.64. The van der Waals surface area contributed by atoms with Crippen molar-refractivity contribution in [2.24, 2.45) is 4.99 Å². The first-order chi connectivity index (χ1) is 12.9. The molecule has 144 valence electrons. The number of carbonyl (C=O) groups is 1. The third-order valence-corrected chi connectivity index (χ3v) is 7.19. The van der Waals surface area contributed by atoms with Gasteiger partial charge in [0, 0.05) is 32.1 Å². The molecule has 6 nitrogen and oxygen atoms in total. The predicted molar refractivity (Wildman–Crippen MR) is 104 cm³/mol. The van der Waals surface area contributed by atoms with Crippen LogP contribution in [0.2, 0.25) is 0 Å². The van der Waals surface area contributed by atoms with E-state index in [1.165, 1.54) is 0 Å². The van der Waals surface area contributed by atoms with Gasteiger partial charge in [0.25, 0.3) is 0 Å². The van der Waals surface area contributed by atoms with E-state index in [0.717, 1.165) is 11.1 Å². The van der Waals surface area contributed by atoms with Crippen LogP contribution in [-0.4, -0.2) is 28.9 Å². The number of benzene rings is 2. The third kappa shape index (κ3) is 11.2. The van der Waals surface area contributed by atoms with Crippen LogP contribution in [0.4, 0.5) is 0 Å². The molecular formula is C19H20NNa2O5PS. The molecular weight excluding hydrogens is 431 g/mol. The van der Waals surface area contributed by atoms with Crippen LogP contribution in [0, 0.1) is 0 Å². The number of carboxylic acids is 1. The summed E-state index contributed by atoms with van der Waals surface area (Å²) in [6.07, 6.45) is -1.15. The first-order valence-corrected chi connectivity index (χ1v) is 11.3. The van der Waals surface area contributed by atoms with Gasteiger partial charge in [-0.25, -0.2) is 4.99 Å². The van der Waals surface area contributed by atoms with Crippen molar-refractivity contribution >= 4 is 31.0 Å². The van der Waals surface area contributed by atoms with Gasteiger partial charge in [0.2, 0.25) is 0 Å². The van der Waals surface area contributed by atoms with Crippen molar-refractivity contribution in [2.75, 3.05) is 6.16 Å². The van der Waals surface area contributed by atoms with Gasteiger partial charge in [-0.3, -0.25) is 4.89 Å². The fourth-order valence-electron chi connectivity index (χ4n) is 2.38. The van der Waals surface area contributed by atoms with Gasteiger partial charge in [-0.05, 0) is 11.1 Å². The number of carbonyl (C=O) groups excluding carboxylic acids is 1. The topological polar surface area (TPSA) is 105 Å². The first-order valence-electron chi connectivity index (χ1n) is 8.33. The van der Waals surface area contributed by atoms with Crippen LogP contribution in [0.5, 0.6) is 0 Å². The summed E-state index contributed by atoms with van der Waals surface area (Å²) in [6, 6.07) is 18.3. The molecule has 0 heterocycles. The maximum absolute atomic E-state index is 12.1. The average Bonchev–Trinajstić information content (AvgIpc) is 2.66. The summed E-state index contributed by atoms with van der Waals surface area (Å²) in [7, 11) is 0. The summed E-state index contributed by atoms with van der Waals surface area (Å²) in [4.78, 5) is 25.3. The predicted octanol–water partition coefficient (Wildman–Crippen LogP) is -4.98. The van der Waals surface area contributed by atoms with Crippen molar-refractivity contribution in [3.63, 3.8) is 0 Å². The molecule has 0 aliphatic carbocycles. The minimum atomic E-state index is -3.23. The summed E-state index contributed by atoms with van der Waals surface area (Å²) in [5, 5.41) is 22.9. The SMILES string of the molecule is O=C([O-])CC[P+](O)([S-])C(Cc1ccccc1)N=C([O-])OCc1ccccc1.[Na+].[Na+]. The monoisotopic (exact) mass is 451 g/mol. The molecule has 2 rings (SSSR count). The van der Waals surface area contributed by atoms with Gasteiger partial charge in [-0.1, -0.05) is 60.7 Å². The Labute approximate surface area is 220 Å². The van der Waals surface area contributed by atoms with E-state index in [4.69, 9.17) is 17.0 Å². The molecule has 0 aliphatic heterocycles. The number of nitrogens with zero attached hydrogens (tertiary/aromatic N) is 1. The van der Waals surface area contributed by atoms with Crippen LogP contribution < -0.4 is 69.3 Å². The molecule has 2 aromatic carbocycles. The molecule has 10 heteroatoms. The van der Waals surface area contributed by atoms with Gasteiger partial charge < -0.3 is 32.0 Å². The maximum Gasteiger partial charge on any atom is 1.00 e. The van der Waals surface area contributed by atoms with E-state index in [2.05, 4.69) is 4.99 Å². The van der Waals surface area contributed by atoms with Crippen LogP contribution in [0.15, 0.2) is 65.7 Å². The molecule has 29 heavy (non-hydrogen) atoms. The van der Waals surface area contributed by atoms with E-state index in [9.17, 15) is 19.9 Å². The zero-order chi connectivity index (χ0) is 19.7. The van der Waals surface area contributed by atoms with Gasteiger partial charge in [-0.15, -0.1) is 0 Å². The standard InChI is InChI=1S/C19H22NO5PS.2Na/c21-18(22)11-12-26(24,27)17(13-15-7-3-1-4-8-15)20-19(23)25-14-16-9-5-2-6-10-16;;/h1-10,17H,11-14H2,(H,20,23)(H,21,22)(H,24,27);;/q;2*+1/p-2. The third-order valence-electron chi connectivity index (χ3n) is 3.82. The molecule has 0 fully saturated rings. The number of hydrogen-bond donors (Lipinski definition) is 1. The Morgan fingerprint density at radius 3 is 2.07 bits per heavy atom. The largest absolute Gasteiger partial charge is 1.00 e. The minimum Gasteiger partial charge on any atom is -0.596 e. The fourth-order valence-corrected chi connectivity index (χ4v) is 4.59. The zero-order valence-corrected chi connectivity index (χ0v) is 22.3. The molecule has 0 saturated carbocycles. The van der Waals surface area contributed by atoms with E-state index < -0.39 is 24.5 Å². The smallest absolute Gasteiger partial charge is 0.596 e. The number of ether oxygens (including phenoxy) is 1. The normalized spacial score (nSPS) is 13.9. The van der Waals surface area contributed by atoms with Crippen molar-refractivity contribution in [3.8, 4) is 0 Å². The van der Waals surface area contributed by atoms with Crippen LogP contribution >= 0.6 is 6.69 Å². The second-order valence-electron chi connectivity index (χ2n) is 5.94. The van der Waals surface area contributed by atoms with Crippen LogP contribution in [0.3, 0.4) is 0 Å². The summed E-state index contributed by atoms with van der Waals surface area (Å²) in [5.74, 6) is -2.22. The fraction of sp³-hybridized carbons (Fsp3) is 0.263. The van der Waals surface area contributed by atoms with Gasteiger partial charge in [0.05, 0.1) is 6.16 Å². The Morgan fingerprint density at radius 2 is 1.55 bits per heavy atom. The van der Waals surface area contributed by atoms with E-state index in [1.807, 2.05) is 60.7 Å². The molecule has 2 unspecified atom stereocenters. The summed E-state index contributed by atoms with van der Waals surface area (Å²) >= 11 is 5.25. The van der Waals surface area contributed by atoms with Crippen molar-refractivity contribution in [1.82, 2.24) is 0 Å². The van der Waals surface area contributed by atoms with Gasteiger partial charge >= 0.3 is 59.1 Å². The Bertz CT molecular complexity index is 766. The van der Waals surface area contributed by atoms with E-state index in [1.54, 1.807) is 0 Å². The first kappa shape index (κ1) is 28.9. The quantitative estimate of drug-likeness (QED) is 0.135. The maximum atomic E-state index is 12.1.